The molecule has 0 aromatic carbocycles. The highest BCUT2D eigenvalue weighted by Crippen LogP contribution is 2.27. The van der Waals surface area contributed by atoms with Gasteiger partial charge in [-0.05, 0) is 6.92 Å². The third-order valence-corrected chi connectivity index (χ3v) is 4.03. The smallest absolute Gasteiger partial charge is 0.313 e. The van der Waals surface area contributed by atoms with Crippen LogP contribution in [-0.2, 0) is 11.8 Å². The van der Waals surface area contributed by atoms with E-state index in [1.165, 1.54) is 11.3 Å². The van der Waals surface area contributed by atoms with Crippen molar-refractivity contribution in [3.05, 3.63) is 11.8 Å². The minimum atomic E-state index is -0.870. The lowest BCUT2D eigenvalue weighted by atomic mass is 10.5. The van der Waals surface area contributed by atoms with Gasteiger partial charge in [0.05, 0.1) is 5.75 Å². The van der Waals surface area contributed by atoms with Crippen LogP contribution < -0.4 is 5.32 Å². The molecule has 2 N–H and O–H groups in total. The number of carboxylic acid groups (broad SMARTS) is 1. The van der Waals surface area contributed by atoms with Crippen LogP contribution in [0.25, 0.3) is 0 Å². The molecule has 2 rings (SSSR count). The van der Waals surface area contributed by atoms with Gasteiger partial charge < -0.3 is 10.4 Å². The van der Waals surface area contributed by atoms with Crippen LogP contribution in [0.5, 0.6) is 0 Å². The molecular formula is C9H11N5O2S2. The molecule has 2 aromatic rings. The molecule has 0 amide bonds. The Morgan fingerprint density at radius 1 is 1.61 bits per heavy atom. The quantitative estimate of drug-likeness (QED) is 0.804. The Morgan fingerprint density at radius 2 is 2.39 bits per heavy atom. The lowest BCUT2D eigenvalue weighted by Crippen LogP contribution is -1.96. The van der Waals surface area contributed by atoms with Crippen molar-refractivity contribution in [1.29, 1.82) is 0 Å². The zero-order valence-electron chi connectivity index (χ0n) is 9.75. The maximum absolute atomic E-state index is 10.4. The van der Waals surface area contributed by atoms with Crippen molar-refractivity contribution in [2.75, 3.05) is 11.1 Å². The molecule has 7 nitrogen and oxygen atoms in total. The first-order valence-corrected chi connectivity index (χ1v) is 6.80. The number of thioether (sulfide) groups is 1. The number of anilines is 2. The normalized spacial score (nSPS) is 10.6. The summed E-state index contributed by atoms with van der Waals surface area (Å²) in [4.78, 5) is 10.4. The van der Waals surface area contributed by atoms with Crippen molar-refractivity contribution in [3.63, 3.8) is 0 Å². The second kappa shape index (κ2) is 5.36. The molecule has 2 heterocycles. The first-order valence-electron chi connectivity index (χ1n) is 5.00. The fourth-order valence-electron chi connectivity index (χ4n) is 1.17. The number of hydrogen-bond donors (Lipinski definition) is 2. The maximum atomic E-state index is 10.4. The second-order valence-corrected chi connectivity index (χ2v) is 5.68. The summed E-state index contributed by atoms with van der Waals surface area (Å²) < 4.78 is 2.37. The van der Waals surface area contributed by atoms with Crippen molar-refractivity contribution in [1.82, 2.24) is 20.0 Å². The molecule has 0 bridgehead atoms. The van der Waals surface area contributed by atoms with Crippen LogP contribution in [0, 0.1) is 6.92 Å². The van der Waals surface area contributed by atoms with Crippen molar-refractivity contribution < 1.29 is 9.90 Å². The minimum absolute atomic E-state index is 0.0165. The van der Waals surface area contributed by atoms with Gasteiger partial charge in [-0.2, -0.15) is 5.10 Å². The van der Waals surface area contributed by atoms with Crippen LogP contribution in [0.15, 0.2) is 10.4 Å². The number of carboxylic acids is 1. The number of aromatic nitrogens is 4. The van der Waals surface area contributed by atoms with Gasteiger partial charge in [0.25, 0.3) is 0 Å². The summed E-state index contributed by atoms with van der Waals surface area (Å²) in [5.41, 5.74) is 1.03. The van der Waals surface area contributed by atoms with Gasteiger partial charge in [-0.25, -0.2) is 0 Å². The van der Waals surface area contributed by atoms with E-state index in [4.69, 9.17) is 5.11 Å². The number of hydrogen-bond acceptors (Lipinski definition) is 7. The molecule has 0 aliphatic carbocycles. The van der Waals surface area contributed by atoms with Crippen molar-refractivity contribution in [2.24, 2.45) is 7.05 Å². The monoisotopic (exact) mass is 285 g/mol. The van der Waals surface area contributed by atoms with E-state index in [0.29, 0.717) is 15.3 Å². The van der Waals surface area contributed by atoms with Crippen LogP contribution in [0.2, 0.25) is 0 Å². The van der Waals surface area contributed by atoms with Gasteiger partial charge in [-0.15, -0.1) is 10.2 Å². The molecule has 0 saturated carbocycles. The van der Waals surface area contributed by atoms with E-state index >= 15 is 0 Å². The Hall–Kier alpha value is -1.61. The predicted octanol–water partition coefficient (Wildman–Crippen LogP) is 1.50. The largest absolute Gasteiger partial charge is 0.481 e. The van der Waals surface area contributed by atoms with Crippen molar-refractivity contribution >= 4 is 40.0 Å². The molecule has 0 aliphatic heterocycles. The second-order valence-electron chi connectivity index (χ2n) is 3.48. The number of aliphatic carboxylic acids is 1. The Bertz CT molecular complexity index is 546. The van der Waals surface area contributed by atoms with Gasteiger partial charge in [0.2, 0.25) is 5.13 Å². The van der Waals surface area contributed by atoms with E-state index in [0.717, 1.165) is 17.5 Å². The van der Waals surface area contributed by atoms with Gasteiger partial charge in [0.1, 0.15) is 0 Å². The Labute approximate surface area is 111 Å². The summed E-state index contributed by atoms with van der Waals surface area (Å²) in [5, 5.41) is 24.2. The van der Waals surface area contributed by atoms with Crippen LogP contribution in [-0.4, -0.2) is 36.8 Å². The molecule has 0 fully saturated rings. The third-order valence-electron chi connectivity index (χ3n) is 2.07. The van der Waals surface area contributed by atoms with E-state index in [1.807, 2.05) is 20.0 Å². The highest BCUT2D eigenvalue weighted by molar-refractivity contribution is 8.01. The van der Waals surface area contributed by atoms with Gasteiger partial charge in [0, 0.05) is 18.8 Å². The molecule has 9 heteroatoms. The number of rotatable bonds is 5. The van der Waals surface area contributed by atoms with E-state index < -0.39 is 5.97 Å². The first kappa shape index (κ1) is 12.8. The Morgan fingerprint density at radius 3 is 3.00 bits per heavy atom. The summed E-state index contributed by atoms with van der Waals surface area (Å²) in [6.07, 6.45) is 0. The third kappa shape index (κ3) is 3.20. The van der Waals surface area contributed by atoms with Gasteiger partial charge >= 0.3 is 5.97 Å². The van der Waals surface area contributed by atoms with E-state index in [2.05, 4.69) is 20.6 Å². The molecular weight excluding hydrogens is 274 g/mol. The summed E-state index contributed by atoms with van der Waals surface area (Å²) in [7, 11) is 1.86. The number of carbonyl (C=O) groups is 1. The van der Waals surface area contributed by atoms with Crippen LogP contribution in [0.4, 0.5) is 10.9 Å². The lowest BCUT2D eigenvalue weighted by Gasteiger charge is -1.94. The van der Waals surface area contributed by atoms with Gasteiger partial charge in [-0.1, -0.05) is 23.1 Å². The van der Waals surface area contributed by atoms with Crippen LogP contribution in [0.3, 0.4) is 0 Å². The lowest BCUT2D eigenvalue weighted by molar-refractivity contribution is -0.133. The molecule has 0 atom stereocenters. The minimum Gasteiger partial charge on any atom is -0.481 e. The highest BCUT2D eigenvalue weighted by atomic mass is 32.2. The van der Waals surface area contributed by atoms with Gasteiger partial charge in [0.15, 0.2) is 10.2 Å². The van der Waals surface area contributed by atoms with E-state index in [1.54, 1.807) is 4.68 Å². The fraction of sp³-hybridized carbons (Fsp3) is 0.333. The molecule has 0 saturated heterocycles. The van der Waals surface area contributed by atoms with Crippen LogP contribution >= 0.6 is 23.1 Å². The molecule has 0 spiro atoms. The Balaban J connectivity index is 2.00. The fourth-order valence-corrected chi connectivity index (χ4v) is 2.65. The average Bonchev–Trinajstić information content (AvgIpc) is 2.85. The standard InChI is InChI=1S/C9H11N5O2S2/c1-5-3-6(13-14(5)2)10-8-11-12-9(18-8)17-4-7(15)16/h3H,4H2,1-2H3,(H,15,16)(H,10,11,13). The number of aryl methyl sites for hydroxylation is 2. The van der Waals surface area contributed by atoms with E-state index in [-0.39, 0.29) is 5.75 Å². The zero-order valence-corrected chi connectivity index (χ0v) is 11.4. The van der Waals surface area contributed by atoms with Crippen molar-refractivity contribution in [2.45, 2.75) is 11.3 Å². The molecule has 0 radical (unpaired) electrons. The van der Waals surface area contributed by atoms with Crippen LogP contribution in [0.1, 0.15) is 5.69 Å². The molecule has 18 heavy (non-hydrogen) atoms. The SMILES string of the molecule is Cc1cc(Nc2nnc(SCC(=O)O)s2)nn1C. The predicted molar refractivity (Wildman–Crippen MR) is 69.5 cm³/mol. The van der Waals surface area contributed by atoms with E-state index in [9.17, 15) is 4.79 Å². The number of nitrogens with one attached hydrogen (secondary N) is 1. The summed E-state index contributed by atoms with van der Waals surface area (Å²) >= 11 is 2.45. The molecule has 0 aliphatic rings. The number of nitrogens with zero attached hydrogens (tertiary/aromatic N) is 4. The zero-order chi connectivity index (χ0) is 13.1. The molecule has 0 unspecified atom stereocenters. The molecule has 96 valence electrons. The van der Waals surface area contributed by atoms with Gasteiger partial charge in [-0.3, -0.25) is 9.48 Å². The average molecular weight is 285 g/mol. The maximum Gasteiger partial charge on any atom is 0.313 e. The molecule has 2 aromatic heterocycles. The topological polar surface area (TPSA) is 92.9 Å². The summed E-state index contributed by atoms with van der Waals surface area (Å²) in [5.74, 6) is -0.192. The highest BCUT2D eigenvalue weighted by Gasteiger charge is 2.08. The Kier molecular flexibility index (Phi) is 3.82. The first-order chi connectivity index (χ1) is 8.54. The summed E-state index contributed by atoms with van der Waals surface area (Å²) in [6.45, 7) is 1.95. The van der Waals surface area contributed by atoms with Crippen molar-refractivity contribution in [3.8, 4) is 0 Å². The summed E-state index contributed by atoms with van der Waals surface area (Å²) in [6, 6.07) is 1.89.